The van der Waals surface area contributed by atoms with Crippen LogP contribution in [0, 0.1) is 0 Å². The van der Waals surface area contributed by atoms with Crippen LogP contribution in [0.3, 0.4) is 0 Å². The molecule has 3 N–H and O–H groups in total. The second-order valence-corrected chi connectivity index (χ2v) is 4.46. The second-order valence-electron chi connectivity index (χ2n) is 2.55. The van der Waals surface area contributed by atoms with Crippen molar-refractivity contribution in [2.45, 2.75) is 0 Å². The van der Waals surface area contributed by atoms with Crippen LogP contribution in [0.15, 0.2) is 30.3 Å². The summed E-state index contributed by atoms with van der Waals surface area (Å²) < 4.78 is 16.1. The predicted octanol–water partition coefficient (Wildman–Crippen LogP) is 1.21. The van der Waals surface area contributed by atoms with E-state index in [0.29, 0.717) is 5.75 Å². The van der Waals surface area contributed by atoms with E-state index in [1.54, 1.807) is 30.3 Å². The van der Waals surface area contributed by atoms with Crippen LogP contribution < -0.4 is 10.3 Å². The zero-order valence-corrected chi connectivity index (χ0v) is 7.98. The molecule has 0 spiro atoms. The van der Waals surface area contributed by atoms with Gasteiger partial charge in [-0.25, -0.2) is 4.57 Å². The summed E-state index contributed by atoms with van der Waals surface area (Å²) in [7, 11) is -3.54. The average Bonchev–Trinajstić information content (AvgIpc) is 2.04. The van der Waals surface area contributed by atoms with Gasteiger partial charge in [0, 0.05) is 6.54 Å². The van der Waals surface area contributed by atoms with E-state index in [4.69, 9.17) is 10.3 Å². The van der Waals surface area contributed by atoms with Gasteiger partial charge in [-0.1, -0.05) is 18.2 Å². The molecule has 72 valence electrons. The van der Waals surface area contributed by atoms with Gasteiger partial charge in [-0.15, -0.1) is 0 Å². The van der Waals surface area contributed by atoms with Crippen LogP contribution in [0.1, 0.15) is 0 Å². The van der Waals surface area contributed by atoms with Crippen molar-refractivity contribution in [2.75, 3.05) is 12.7 Å². The van der Waals surface area contributed by atoms with E-state index in [1.807, 2.05) is 0 Å². The fraction of sp³-hybridized carbons (Fsp3) is 0.250. The summed E-state index contributed by atoms with van der Waals surface area (Å²) in [5.41, 5.74) is 5.16. The lowest BCUT2D eigenvalue weighted by Crippen LogP contribution is -2.08. The molecule has 1 aromatic carbocycles. The molecule has 4 nitrogen and oxygen atoms in total. The van der Waals surface area contributed by atoms with Gasteiger partial charge in [-0.3, -0.25) is 0 Å². The molecule has 1 rings (SSSR count). The first kappa shape index (κ1) is 10.3. The highest BCUT2D eigenvalue weighted by Gasteiger charge is 2.18. The minimum atomic E-state index is -3.54. The summed E-state index contributed by atoms with van der Waals surface area (Å²) in [5.74, 6) is 0.391. The van der Waals surface area contributed by atoms with Crippen molar-refractivity contribution in [3.63, 3.8) is 0 Å². The van der Waals surface area contributed by atoms with Crippen molar-refractivity contribution in [3.8, 4) is 5.75 Å². The molecule has 0 fully saturated rings. The molecular formula is C8H12NO3P. The summed E-state index contributed by atoms with van der Waals surface area (Å²) in [6, 6.07) is 8.52. The van der Waals surface area contributed by atoms with Crippen LogP contribution in [-0.4, -0.2) is 17.6 Å². The number of rotatable bonds is 4. The minimum Gasteiger partial charge on any atom is -0.424 e. The molecule has 1 atom stereocenters. The van der Waals surface area contributed by atoms with E-state index in [1.165, 1.54) is 0 Å². The second kappa shape index (κ2) is 4.42. The highest BCUT2D eigenvalue weighted by atomic mass is 31.2. The lowest BCUT2D eigenvalue weighted by Gasteiger charge is -2.11. The van der Waals surface area contributed by atoms with E-state index < -0.39 is 7.60 Å². The molecule has 0 aliphatic carbocycles. The van der Waals surface area contributed by atoms with E-state index in [-0.39, 0.29) is 12.7 Å². The quantitative estimate of drug-likeness (QED) is 0.718. The third kappa shape index (κ3) is 3.59. The fourth-order valence-electron chi connectivity index (χ4n) is 0.855. The maximum atomic E-state index is 11.2. The van der Waals surface area contributed by atoms with E-state index in [2.05, 4.69) is 0 Å². The van der Waals surface area contributed by atoms with Crippen molar-refractivity contribution < 1.29 is 14.0 Å². The molecule has 1 unspecified atom stereocenters. The van der Waals surface area contributed by atoms with Gasteiger partial charge in [0.25, 0.3) is 0 Å². The summed E-state index contributed by atoms with van der Waals surface area (Å²) in [4.78, 5) is 9.22. The molecule has 1 aromatic rings. The summed E-state index contributed by atoms with van der Waals surface area (Å²) in [6.07, 6.45) is -0.0259. The molecule has 0 aliphatic heterocycles. The van der Waals surface area contributed by atoms with Crippen LogP contribution in [0.2, 0.25) is 0 Å². The van der Waals surface area contributed by atoms with Crippen molar-refractivity contribution >= 4 is 7.60 Å². The van der Waals surface area contributed by atoms with E-state index in [0.717, 1.165) is 0 Å². The lowest BCUT2D eigenvalue weighted by atomic mass is 10.3. The maximum absolute atomic E-state index is 11.2. The largest absolute Gasteiger partial charge is 0.424 e. The molecular weight excluding hydrogens is 189 g/mol. The zero-order chi connectivity index (χ0) is 9.73. The van der Waals surface area contributed by atoms with Crippen LogP contribution in [0.25, 0.3) is 0 Å². The Morgan fingerprint density at radius 3 is 2.54 bits per heavy atom. The van der Waals surface area contributed by atoms with E-state index >= 15 is 0 Å². The zero-order valence-electron chi connectivity index (χ0n) is 7.09. The Balaban J connectivity index is 2.64. The van der Waals surface area contributed by atoms with Gasteiger partial charge in [-0.2, -0.15) is 0 Å². The molecule has 0 aromatic heterocycles. The van der Waals surface area contributed by atoms with Crippen molar-refractivity contribution in [3.05, 3.63) is 30.3 Å². The summed E-state index contributed by atoms with van der Waals surface area (Å²) >= 11 is 0. The first-order chi connectivity index (χ1) is 6.14. The monoisotopic (exact) mass is 201 g/mol. The third-order valence-corrected chi connectivity index (χ3v) is 2.72. The van der Waals surface area contributed by atoms with Crippen molar-refractivity contribution in [2.24, 2.45) is 5.73 Å². The maximum Gasteiger partial charge on any atom is 0.377 e. The molecule has 13 heavy (non-hydrogen) atoms. The molecule has 0 amide bonds. The number of nitrogens with two attached hydrogens (primary N) is 1. The van der Waals surface area contributed by atoms with Gasteiger partial charge in [-0.05, 0) is 12.1 Å². The molecule has 0 heterocycles. The Morgan fingerprint density at radius 2 is 2.00 bits per heavy atom. The smallest absolute Gasteiger partial charge is 0.377 e. The topological polar surface area (TPSA) is 72.6 Å². The number of hydrogen-bond acceptors (Lipinski definition) is 3. The molecule has 5 heteroatoms. The van der Waals surface area contributed by atoms with Gasteiger partial charge < -0.3 is 15.2 Å². The van der Waals surface area contributed by atoms with Crippen LogP contribution in [0.5, 0.6) is 5.75 Å². The first-order valence-electron chi connectivity index (χ1n) is 3.90. The Kier molecular flexibility index (Phi) is 3.48. The van der Waals surface area contributed by atoms with Crippen molar-refractivity contribution in [1.82, 2.24) is 0 Å². The Labute approximate surface area is 76.9 Å². The number of benzene rings is 1. The highest BCUT2D eigenvalue weighted by molar-refractivity contribution is 7.53. The Morgan fingerprint density at radius 1 is 1.38 bits per heavy atom. The molecule has 0 aliphatic rings. The molecule has 0 bridgehead atoms. The SMILES string of the molecule is NCCP(=O)(O)Oc1ccccc1. The van der Waals surface area contributed by atoms with Crippen molar-refractivity contribution in [1.29, 1.82) is 0 Å². The Bertz CT molecular complexity index is 302. The summed E-state index contributed by atoms with van der Waals surface area (Å²) in [6.45, 7) is 0.139. The molecule has 0 radical (unpaired) electrons. The average molecular weight is 201 g/mol. The first-order valence-corrected chi connectivity index (χ1v) is 5.67. The fourth-order valence-corrected chi connectivity index (χ4v) is 1.72. The molecule has 0 saturated carbocycles. The normalized spacial score (nSPS) is 14.9. The van der Waals surface area contributed by atoms with Gasteiger partial charge in [0.15, 0.2) is 0 Å². The third-order valence-electron chi connectivity index (χ3n) is 1.40. The standard InChI is InChI=1S/C8H12NO3P/c9-6-7-13(10,11)12-8-4-2-1-3-5-8/h1-5H,6-7,9H2,(H,10,11). The molecule has 0 saturated heterocycles. The highest BCUT2D eigenvalue weighted by Crippen LogP contribution is 2.41. The minimum absolute atomic E-state index is 0.0259. The van der Waals surface area contributed by atoms with Gasteiger partial charge >= 0.3 is 7.60 Å². The Hall–Kier alpha value is -0.830. The van der Waals surface area contributed by atoms with Crippen LogP contribution in [0.4, 0.5) is 0 Å². The van der Waals surface area contributed by atoms with Gasteiger partial charge in [0.2, 0.25) is 0 Å². The van der Waals surface area contributed by atoms with E-state index in [9.17, 15) is 9.46 Å². The van der Waals surface area contributed by atoms with Crippen LogP contribution in [-0.2, 0) is 4.57 Å². The number of para-hydroxylation sites is 1. The lowest BCUT2D eigenvalue weighted by molar-refractivity contribution is 0.380. The van der Waals surface area contributed by atoms with Gasteiger partial charge in [0.05, 0.1) is 6.16 Å². The summed E-state index contributed by atoms with van der Waals surface area (Å²) in [5, 5.41) is 0. The van der Waals surface area contributed by atoms with Gasteiger partial charge in [0.1, 0.15) is 5.75 Å². The number of hydrogen-bond donors (Lipinski definition) is 2. The van der Waals surface area contributed by atoms with Crippen LogP contribution >= 0.6 is 7.60 Å². The predicted molar refractivity (Wildman–Crippen MR) is 50.8 cm³/mol.